The molecule has 2 nitrogen and oxygen atoms in total. The maximum Gasteiger partial charge on any atom is 0.225 e. The van der Waals surface area contributed by atoms with E-state index in [0.29, 0.717) is 17.9 Å². The van der Waals surface area contributed by atoms with E-state index in [0.717, 1.165) is 18.8 Å². The Balaban J connectivity index is 1.89. The topological polar surface area (TPSA) is 20.3 Å². The van der Waals surface area contributed by atoms with E-state index in [1.807, 2.05) is 11.9 Å². The minimum atomic E-state index is 0.386. The van der Waals surface area contributed by atoms with Gasteiger partial charge in [-0.15, -0.1) is 0 Å². The minimum absolute atomic E-state index is 0.386. The highest BCUT2D eigenvalue weighted by atomic mass is 16.2. The number of rotatable bonds is 2. The molecule has 2 atom stereocenters. The minimum Gasteiger partial charge on any atom is -0.343 e. The Morgan fingerprint density at radius 1 is 1.21 bits per heavy atom. The van der Waals surface area contributed by atoms with E-state index in [2.05, 4.69) is 6.92 Å². The fourth-order valence-electron chi connectivity index (χ4n) is 2.55. The number of carbonyl (C=O) groups excluding carboxylic acids is 1. The van der Waals surface area contributed by atoms with Gasteiger partial charge in [0.25, 0.3) is 0 Å². The maximum atomic E-state index is 11.8. The van der Waals surface area contributed by atoms with Crippen LogP contribution in [0.15, 0.2) is 0 Å². The molecule has 0 aliphatic heterocycles. The number of nitrogens with zero attached hydrogens (tertiary/aromatic N) is 1. The predicted octanol–water partition coefficient (Wildman–Crippen LogP) is 2.43. The first kappa shape index (κ1) is 10.0. The third-order valence-electron chi connectivity index (χ3n) is 3.73. The molecule has 2 aliphatic carbocycles. The highest BCUT2D eigenvalue weighted by molar-refractivity contribution is 5.81. The molecule has 0 aromatic rings. The lowest BCUT2D eigenvalue weighted by Gasteiger charge is -2.34. The van der Waals surface area contributed by atoms with Crippen molar-refractivity contribution < 1.29 is 4.79 Å². The van der Waals surface area contributed by atoms with Crippen molar-refractivity contribution in [3.05, 3.63) is 0 Å². The molecule has 80 valence electrons. The molecular weight excluding hydrogens is 174 g/mol. The summed E-state index contributed by atoms with van der Waals surface area (Å²) < 4.78 is 0. The van der Waals surface area contributed by atoms with Gasteiger partial charge in [-0.3, -0.25) is 4.79 Å². The van der Waals surface area contributed by atoms with Crippen LogP contribution >= 0.6 is 0 Å². The highest BCUT2D eigenvalue weighted by Gasteiger charge is 2.35. The van der Waals surface area contributed by atoms with Gasteiger partial charge in [0, 0.05) is 19.0 Å². The molecule has 0 bridgehead atoms. The number of carbonyl (C=O) groups is 1. The summed E-state index contributed by atoms with van der Waals surface area (Å²) in [6, 6.07) is 0.534. The zero-order chi connectivity index (χ0) is 10.1. The fourth-order valence-corrected chi connectivity index (χ4v) is 2.55. The first-order valence-corrected chi connectivity index (χ1v) is 5.95. The molecule has 0 aromatic heterocycles. The molecule has 0 radical (unpaired) electrons. The Bertz CT molecular complexity index is 222. The summed E-state index contributed by atoms with van der Waals surface area (Å²) in [4.78, 5) is 13.9. The van der Waals surface area contributed by atoms with Crippen molar-refractivity contribution in [1.29, 1.82) is 0 Å². The van der Waals surface area contributed by atoms with Crippen molar-refractivity contribution >= 4 is 5.91 Å². The summed E-state index contributed by atoms with van der Waals surface area (Å²) in [5.41, 5.74) is 0. The van der Waals surface area contributed by atoms with Crippen molar-refractivity contribution in [3.8, 4) is 0 Å². The van der Waals surface area contributed by atoms with Crippen molar-refractivity contribution in [2.45, 2.75) is 51.5 Å². The van der Waals surface area contributed by atoms with Crippen LogP contribution in [0.2, 0.25) is 0 Å². The molecule has 2 rings (SSSR count). The van der Waals surface area contributed by atoms with Gasteiger partial charge >= 0.3 is 0 Å². The molecule has 0 saturated heterocycles. The summed E-state index contributed by atoms with van der Waals surface area (Å²) >= 11 is 0. The first-order valence-electron chi connectivity index (χ1n) is 5.95. The van der Waals surface area contributed by atoms with Crippen molar-refractivity contribution in [2.75, 3.05) is 7.05 Å². The Labute approximate surface area is 86.7 Å². The van der Waals surface area contributed by atoms with Crippen LogP contribution in [0.25, 0.3) is 0 Å². The van der Waals surface area contributed by atoms with Gasteiger partial charge in [0.2, 0.25) is 5.91 Å². The van der Waals surface area contributed by atoms with Crippen molar-refractivity contribution in [3.63, 3.8) is 0 Å². The molecule has 2 aliphatic rings. The van der Waals surface area contributed by atoms with E-state index in [1.165, 1.54) is 25.7 Å². The maximum absolute atomic E-state index is 11.8. The molecule has 2 fully saturated rings. The zero-order valence-electron chi connectivity index (χ0n) is 9.33. The van der Waals surface area contributed by atoms with Crippen LogP contribution in [-0.2, 0) is 4.79 Å². The van der Waals surface area contributed by atoms with Gasteiger partial charge in [-0.2, -0.15) is 0 Å². The third-order valence-corrected chi connectivity index (χ3v) is 3.73. The van der Waals surface area contributed by atoms with Crippen LogP contribution in [-0.4, -0.2) is 23.9 Å². The molecular formula is C12H21NO. The molecule has 14 heavy (non-hydrogen) atoms. The molecule has 0 heterocycles. The van der Waals surface area contributed by atoms with E-state index in [4.69, 9.17) is 0 Å². The molecule has 1 amide bonds. The predicted molar refractivity (Wildman–Crippen MR) is 56.9 cm³/mol. The molecule has 2 unspecified atom stereocenters. The highest BCUT2D eigenvalue weighted by Crippen LogP contribution is 2.33. The number of amides is 1. The second-order valence-corrected chi connectivity index (χ2v) is 5.15. The quantitative estimate of drug-likeness (QED) is 0.662. The molecule has 0 spiro atoms. The van der Waals surface area contributed by atoms with Crippen LogP contribution in [0.1, 0.15) is 45.4 Å². The summed E-state index contributed by atoms with van der Waals surface area (Å²) in [6.45, 7) is 2.31. The lowest BCUT2D eigenvalue weighted by Crippen LogP contribution is -2.40. The van der Waals surface area contributed by atoms with E-state index in [1.54, 1.807) is 0 Å². The van der Waals surface area contributed by atoms with Gasteiger partial charge in [-0.25, -0.2) is 0 Å². The zero-order valence-corrected chi connectivity index (χ0v) is 9.33. The Hall–Kier alpha value is -0.530. The lowest BCUT2D eigenvalue weighted by atomic mass is 9.86. The van der Waals surface area contributed by atoms with Crippen molar-refractivity contribution in [2.24, 2.45) is 11.8 Å². The lowest BCUT2D eigenvalue weighted by molar-refractivity contribution is -0.134. The van der Waals surface area contributed by atoms with E-state index >= 15 is 0 Å². The summed E-state index contributed by atoms with van der Waals surface area (Å²) in [5.74, 6) is 1.60. The van der Waals surface area contributed by atoms with Gasteiger partial charge in [-0.1, -0.05) is 19.8 Å². The monoisotopic (exact) mass is 195 g/mol. The standard InChI is InChI=1S/C12H21NO/c1-9-4-3-5-11(8-9)13(2)12(14)10-6-7-10/h9-11H,3-8H2,1-2H3. The fraction of sp³-hybridized carbons (Fsp3) is 0.917. The third kappa shape index (κ3) is 2.10. The van der Waals surface area contributed by atoms with E-state index < -0.39 is 0 Å². The molecule has 0 N–H and O–H groups in total. The Morgan fingerprint density at radius 3 is 2.50 bits per heavy atom. The average molecular weight is 195 g/mol. The van der Waals surface area contributed by atoms with Crippen LogP contribution in [0.4, 0.5) is 0 Å². The summed E-state index contributed by atoms with van der Waals surface area (Å²) in [6.07, 6.45) is 7.35. The number of hydrogen-bond acceptors (Lipinski definition) is 1. The van der Waals surface area contributed by atoms with Crippen LogP contribution in [0, 0.1) is 11.8 Å². The van der Waals surface area contributed by atoms with E-state index in [9.17, 15) is 4.79 Å². The smallest absolute Gasteiger partial charge is 0.225 e. The number of hydrogen-bond donors (Lipinski definition) is 0. The first-order chi connectivity index (χ1) is 6.68. The average Bonchev–Trinajstić information content (AvgIpc) is 2.99. The molecule has 2 heteroatoms. The van der Waals surface area contributed by atoms with E-state index in [-0.39, 0.29) is 0 Å². The SMILES string of the molecule is CC1CCCC(N(C)C(=O)C2CC2)C1. The van der Waals surface area contributed by atoms with Gasteiger partial charge in [0.1, 0.15) is 0 Å². The summed E-state index contributed by atoms with van der Waals surface area (Å²) in [7, 11) is 2.00. The summed E-state index contributed by atoms with van der Waals surface area (Å²) in [5, 5.41) is 0. The van der Waals surface area contributed by atoms with Gasteiger partial charge in [0.05, 0.1) is 0 Å². The normalized spacial score (nSPS) is 32.7. The van der Waals surface area contributed by atoms with Crippen molar-refractivity contribution in [1.82, 2.24) is 4.90 Å². The second kappa shape index (κ2) is 3.92. The second-order valence-electron chi connectivity index (χ2n) is 5.15. The molecule has 0 aromatic carbocycles. The van der Waals surface area contributed by atoms with Gasteiger partial charge in [-0.05, 0) is 31.6 Å². The Kier molecular flexibility index (Phi) is 2.80. The largest absolute Gasteiger partial charge is 0.343 e. The van der Waals surface area contributed by atoms with Crippen LogP contribution in [0.3, 0.4) is 0 Å². The van der Waals surface area contributed by atoms with Crippen LogP contribution < -0.4 is 0 Å². The van der Waals surface area contributed by atoms with Crippen LogP contribution in [0.5, 0.6) is 0 Å². The van der Waals surface area contributed by atoms with Gasteiger partial charge < -0.3 is 4.90 Å². The Morgan fingerprint density at radius 2 is 1.93 bits per heavy atom. The van der Waals surface area contributed by atoms with Gasteiger partial charge in [0.15, 0.2) is 0 Å². The molecule has 2 saturated carbocycles.